The largest absolute Gasteiger partial charge is 0.493 e. The van der Waals surface area contributed by atoms with Gasteiger partial charge in [0.15, 0.2) is 16.7 Å². The van der Waals surface area contributed by atoms with Crippen LogP contribution >= 0.6 is 11.8 Å². The molecule has 0 radical (unpaired) electrons. The molecular formula is C20H16F4N2O2S. The van der Waals surface area contributed by atoms with Crippen LogP contribution in [0, 0.1) is 5.82 Å². The normalized spacial score (nSPS) is 11.4. The van der Waals surface area contributed by atoms with Gasteiger partial charge >= 0.3 is 6.18 Å². The van der Waals surface area contributed by atoms with Crippen LogP contribution in [0.4, 0.5) is 17.6 Å². The quantitative estimate of drug-likeness (QED) is 0.292. The second-order valence-corrected chi connectivity index (χ2v) is 6.85. The number of methoxy groups -OCH3 is 2. The number of ether oxygens (including phenoxy) is 2. The fraction of sp³-hybridized carbons (Fsp3) is 0.200. The first-order valence-corrected chi connectivity index (χ1v) is 9.34. The fourth-order valence-electron chi connectivity index (χ4n) is 2.51. The lowest BCUT2D eigenvalue weighted by Crippen LogP contribution is -2.10. The van der Waals surface area contributed by atoms with Crippen LogP contribution in [0.15, 0.2) is 53.7 Å². The first kappa shape index (κ1) is 20.9. The second-order valence-electron chi connectivity index (χ2n) is 5.90. The monoisotopic (exact) mass is 424 g/mol. The zero-order valence-electron chi connectivity index (χ0n) is 15.5. The molecule has 152 valence electrons. The average Bonchev–Trinajstić information content (AvgIpc) is 2.72. The third-order valence-electron chi connectivity index (χ3n) is 3.96. The van der Waals surface area contributed by atoms with Crippen molar-refractivity contribution in [3.05, 3.63) is 65.6 Å². The Labute approximate surface area is 168 Å². The molecule has 0 atom stereocenters. The fourth-order valence-corrected chi connectivity index (χ4v) is 3.32. The number of thioether (sulfide) groups is 1. The number of halogens is 4. The summed E-state index contributed by atoms with van der Waals surface area (Å²) >= 11 is 1.04. The van der Waals surface area contributed by atoms with E-state index in [0.717, 1.165) is 23.4 Å². The number of benzene rings is 2. The average molecular weight is 424 g/mol. The summed E-state index contributed by atoms with van der Waals surface area (Å²) in [5.41, 5.74) is 0.234. The van der Waals surface area contributed by atoms with Crippen LogP contribution < -0.4 is 9.47 Å². The molecule has 4 nitrogen and oxygen atoms in total. The molecule has 9 heteroatoms. The molecule has 0 saturated carbocycles. The van der Waals surface area contributed by atoms with Crippen molar-refractivity contribution in [1.82, 2.24) is 9.97 Å². The maximum absolute atomic E-state index is 13.3. The Balaban J connectivity index is 1.96. The molecule has 0 N–H and O–H groups in total. The minimum Gasteiger partial charge on any atom is -0.493 e. The minimum atomic E-state index is -4.63. The van der Waals surface area contributed by atoms with Crippen LogP contribution in [0.1, 0.15) is 11.3 Å². The van der Waals surface area contributed by atoms with Crippen molar-refractivity contribution in [2.45, 2.75) is 17.1 Å². The third-order valence-corrected chi connectivity index (χ3v) is 4.88. The van der Waals surface area contributed by atoms with Crippen molar-refractivity contribution in [2.24, 2.45) is 0 Å². The first-order chi connectivity index (χ1) is 13.8. The van der Waals surface area contributed by atoms with Crippen LogP contribution in [0.5, 0.6) is 11.5 Å². The number of rotatable bonds is 6. The predicted octanol–water partition coefficient (Wildman–Crippen LogP) is 5.61. The zero-order valence-corrected chi connectivity index (χ0v) is 16.3. The number of hydrogen-bond donors (Lipinski definition) is 0. The van der Waals surface area contributed by atoms with E-state index in [1.807, 2.05) is 0 Å². The number of alkyl halides is 3. The van der Waals surface area contributed by atoms with Crippen molar-refractivity contribution in [3.8, 4) is 22.8 Å². The van der Waals surface area contributed by atoms with E-state index in [-0.39, 0.29) is 16.7 Å². The van der Waals surface area contributed by atoms with Crippen molar-refractivity contribution in [3.63, 3.8) is 0 Å². The molecule has 0 unspecified atom stereocenters. The Morgan fingerprint density at radius 3 is 2.21 bits per heavy atom. The summed E-state index contributed by atoms with van der Waals surface area (Å²) < 4.78 is 63.4. The molecule has 3 rings (SSSR count). The lowest BCUT2D eigenvalue weighted by molar-refractivity contribution is -0.141. The molecular weight excluding hydrogens is 408 g/mol. The van der Waals surface area contributed by atoms with Gasteiger partial charge in [-0.05, 0) is 42.0 Å². The predicted molar refractivity (Wildman–Crippen MR) is 102 cm³/mol. The third kappa shape index (κ3) is 5.17. The van der Waals surface area contributed by atoms with E-state index < -0.39 is 11.9 Å². The van der Waals surface area contributed by atoms with Crippen molar-refractivity contribution >= 4 is 11.8 Å². The number of nitrogens with zero attached hydrogens (tertiary/aromatic N) is 2. The van der Waals surface area contributed by atoms with Crippen molar-refractivity contribution in [1.29, 1.82) is 0 Å². The molecule has 0 bridgehead atoms. The lowest BCUT2D eigenvalue weighted by atomic mass is 10.1. The molecule has 0 aliphatic rings. The summed E-state index contributed by atoms with van der Waals surface area (Å²) in [4.78, 5) is 7.90. The SMILES string of the molecule is COc1ccc(-c2cc(C(F)(F)F)nc(SCc3ccc(F)cc3)n2)cc1OC. The van der Waals surface area contributed by atoms with E-state index in [2.05, 4.69) is 9.97 Å². The van der Waals surface area contributed by atoms with Crippen LogP contribution in [-0.4, -0.2) is 24.2 Å². The summed E-state index contributed by atoms with van der Waals surface area (Å²) in [6.07, 6.45) is -4.63. The standard InChI is InChI=1S/C20H16F4N2O2S/c1-27-16-8-5-13(9-17(16)28-2)15-10-18(20(22,23)24)26-19(25-15)29-11-12-3-6-14(21)7-4-12/h3-10H,11H2,1-2H3. The maximum atomic E-state index is 13.3. The van der Waals surface area contributed by atoms with Gasteiger partial charge < -0.3 is 9.47 Å². The van der Waals surface area contributed by atoms with Gasteiger partial charge in [0.2, 0.25) is 0 Å². The van der Waals surface area contributed by atoms with Crippen molar-refractivity contribution < 1.29 is 27.0 Å². The topological polar surface area (TPSA) is 44.2 Å². The minimum absolute atomic E-state index is 0.0334. The highest BCUT2D eigenvalue weighted by atomic mass is 32.2. The molecule has 29 heavy (non-hydrogen) atoms. The van der Waals surface area contributed by atoms with Crippen LogP contribution in [0.3, 0.4) is 0 Å². The van der Waals surface area contributed by atoms with Crippen LogP contribution in [0.2, 0.25) is 0 Å². The molecule has 0 saturated heterocycles. The number of aromatic nitrogens is 2. The Morgan fingerprint density at radius 2 is 1.59 bits per heavy atom. The molecule has 0 fully saturated rings. The summed E-state index contributed by atoms with van der Waals surface area (Å²) in [6.45, 7) is 0. The van der Waals surface area contributed by atoms with Gasteiger partial charge in [0, 0.05) is 11.3 Å². The van der Waals surface area contributed by atoms with Crippen LogP contribution in [0.25, 0.3) is 11.3 Å². The Bertz CT molecular complexity index is 995. The Hall–Kier alpha value is -2.81. The van der Waals surface area contributed by atoms with Gasteiger partial charge in [-0.3, -0.25) is 0 Å². The van der Waals surface area contributed by atoms with E-state index in [1.165, 1.54) is 26.4 Å². The molecule has 0 amide bonds. The van der Waals surface area contributed by atoms with E-state index in [9.17, 15) is 17.6 Å². The maximum Gasteiger partial charge on any atom is 0.433 e. The summed E-state index contributed by atoms with van der Waals surface area (Å²) in [7, 11) is 2.90. The molecule has 0 spiro atoms. The van der Waals surface area contributed by atoms with E-state index in [1.54, 1.807) is 30.3 Å². The molecule has 0 aliphatic heterocycles. The molecule has 1 aromatic heterocycles. The van der Waals surface area contributed by atoms with Crippen LogP contribution in [-0.2, 0) is 11.9 Å². The van der Waals surface area contributed by atoms with E-state index >= 15 is 0 Å². The van der Waals surface area contributed by atoms with Gasteiger partial charge in [-0.1, -0.05) is 23.9 Å². The summed E-state index contributed by atoms with van der Waals surface area (Å²) in [5.74, 6) is 0.738. The summed E-state index contributed by atoms with van der Waals surface area (Å²) in [6, 6.07) is 11.3. The zero-order chi connectivity index (χ0) is 21.0. The van der Waals surface area contributed by atoms with Gasteiger partial charge in [0.25, 0.3) is 0 Å². The van der Waals surface area contributed by atoms with Gasteiger partial charge in [-0.2, -0.15) is 13.2 Å². The first-order valence-electron chi connectivity index (χ1n) is 8.36. The molecule has 1 heterocycles. The highest BCUT2D eigenvalue weighted by molar-refractivity contribution is 7.98. The summed E-state index contributed by atoms with van der Waals surface area (Å²) in [5, 5.41) is -0.0334. The second kappa shape index (κ2) is 8.69. The smallest absolute Gasteiger partial charge is 0.433 e. The van der Waals surface area contributed by atoms with Gasteiger partial charge in [0.1, 0.15) is 11.5 Å². The highest BCUT2D eigenvalue weighted by Gasteiger charge is 2.34. The van der Waals surface area contributed by atoms with Gasteiger partial charge in [0.05, 0.1) is 19.9 Å². The lowest BCUT2D eigenvalue weighted by Gasteiger charge is -2.12. The van der Waals surface area contributed by atoms with Gasteiger partial charge in [-0.15, -0.1) is 0 Å². The highest BCUT2D eigenvalue weighted by Crippen LogP contribution is 2.35. The van der Waals surface area contributed by atoms with E-state index in [4.69, 9.17) is 9.47 Å². The van der Waals surface area contributed by atoms with Crippen molar-refractivity contribution in [2.75, 3.05) is 14.2 Å². The number of hydrogen-bond acceptors (Lipinski definition) is 5. The Morgan fingerprint density at radius 1 is 0.897 bits per heavy atom. The van der Waals surface area contributed by atoms with E-state index in [0.29, 0.717) is 22.8 Å². The Kier molecular flexibility index (Phi) is 6.26. The molecule has 2 aromatic carbocycles. The molecule has 3 aromatic rings. The molecule has 0 aliphatic carbocycles. The van der Waals surface area contributed by atoms with Gasteiger partial charge in [-0.25, -0.2) is 14.4 Å².